The van der Waals surface area contributed by atoms with Gasteiger partial charge in [0, 0.05) is 30.3 Å². The van der Waals surface area contributed by atoms with Gasteiger partial charge in [-0.2, -0.15) is 0 Å². The highest BCUT2D eigenvalue weighted by Crippen LogP contribution is 2.23. The molecule has 2 aromatic rings. The zero-order valence-corrected chi connectivity index (χ0v) is 15.8. The third-order valence-corrected chi connectivity index (χ3v) is 4.93. The number of imidazole rings is 1. The van der Waals surface area contributed by atoms with Crippen LogP contribution < -0.4 is 5.32 Å². The summed E-state index contributed by atoms with van der Waals surface area (Å²) in [7, 11) is 0. The highest BCUT2D eigenvalue weighted by molar-refractivity contribution is 6.30. The molecule has 0 bridgehead atoms. The summed E-state index contributed by atoms with van der Waals surface area (Å²) < 4.78 is 1.92. The van der Waals surface area contributed by atoms with Gasteiger partial charge in [-0.25, -0.2) is 4.98 Å². The summed E-state index contributed by atoms with van der Waals surface area (Å²) in [5, 5.41) is 3.45. The summed E-state index contributed by atoms with van der Waals surface area (Å²) in [6, 6.07) is 6.92. The molecule has 1 N–H and O–H groups in total. The number of carbonyl (C=O) groups excluding carboxylic acids is 2. The SMILES string of the molecule is CCN(CC)C(=O)c1nc(C(=O)Nc2ccc(Cl)cc2)c2n1CCCC2. The number of carbonyl (C=O) groups is 2. The Hall–Kier alpha value is -2.34. The highest BCUT2D eigenvalue weighted by atomic mass is 35.5. The van der Waals surface area contributed by atoms with Crippen molar-refractivity contribution >= 4 is 29.1 Å². The van der Waals surface area contributed by atoms with E-state index in [9.17, 15) is 9.59 Å². The fourth-order valence-electron chi connectivity index (χ4n) is 3.26. The summed E-state index contributed by atoms with van der Waals surface area (Å²) >= 11 is 5.88. The van der Waals surface area contributed by atoms with Crippen LogP contribution in [0.5, 0.6) is 0 Å². The van der Waals surface area contributed by atoms with Gasteiger partial charge in [-0.05, 0) is 57.4 Å². The van der Waals surface area contributed by atoms with Crippen LogP contribution in [0, 0.1) is 0 Å². The van der Waals surface area contributed by atoms with E-state index in [-0.39, 0.29) is 11.8 Å². The fourth-order valence-corrected chi connectivity index (χ4v) is 3.39. The van der Waals surface area contributed by atoms with E-state index in [4.69, 9.17) is 11.6 Å². The molecule has 2 amide bonds. The Kier molecular flexibility index (Phi) is 5.61. The quantitative estimate of drug-likeness (QED) is 0.869. The van der Waals surface area contributed by atoms with Crippen molar-refractivity contribution in [3.63, 3.8) is 0 Å². The van der Waals surface area contributed by atoms with E-state index < -0.39 is 0 Å². The summed E-state index contributed by atoms with van der Waals surface area (Å²) in [5.41, 5.74) is 1.84. The predicted molar refractivity (Wildman–Crippen MR) is 102 cm³/mol. The predicted octanol–water partition coefficient (Wildman–Crippen LogP) is 3.61. The molecule has 0 radical (unpaired) electrons. The van der Waals surface area contributed by atoms with Gasteiger partial charge in [-0.3, -0.25) is 9.59 Å². The number of hydrogen-bond donors (Lipinski definition) is 1. The number of hydrogen-bond acceptors (Lipinski definition) is 3. The molecular formula is C19H23ClN4O2. The lowest BCUT2D eigenvalue weighted by atomic mass is 10.1. The van der Waals surface area contributed by atoms with Crippen molar-refractivity contribution in [1.29, 1.82) is 0 Å². The molecule has 0 saturated heterocycles. The molecule has 0 unspecified atom stereocenters. The van der Waals surface area contributed by atoms with Crippen molar-refractivity contribution in [2.24, 2.45) is 0 Å². The van der Waals surface area contributed by atoms with Crippen LogP contribution in [0.2, 0.25) is 5.02 Å². The highest BCUT2D eigenvalue weighted by Gasteiger charge is 2.29. The first-order chi connectivity index (χ1) is 12.5. The van der Waals surface area contributed by atoms with Gasteiger partial charge in [0.1, 0.15) is 0 Å². The van der Waals surface area contributed by atoms with Crippen LogP contribution in [0.4, 0.5) is 5.69 Å². The summed E-state index contributed by atoms with van der Waals surface area (Å²) in [6.07, 6.45) is 2.73. The second-order valence-corrected chi connectivity index (χ2v) is 6.71. The lowest BCUT2D eigenvalue weighted by Gasteiger charge is -2.21. The lowest BCUT2D eigenvalue weighted by molar-refractivity contribution is 0.0754. The maximum Gasteiger partial charge on any atom is 0.289 e. The van der Waals surface area contributed by atoms with Gasteiger partial charge in [-0.1, -0.05) is 11.6 Å². The Bertz CT molecular complexity index is 810. The molecule has 138 valence electrons. The molecule has 1 aromatic carbocycles. The monoisotopic (exact) mass is 374 g/mol. The third-order valence-electron chi connectivity index (χ3n) is 4.68. The molecule has 0 fully saturated rings. The molecule has 26 heavy (non-hydrogen) atoms. The number of benzene rings is 1. The summed E-state index contributed by atoms with van der Waals surface area (Å²) in [4.78, 5) is 31.8. The maximum absolute atomic E-state index is 12.8. The number of halogens is 1. The average molecular weight is 375 g/mol. The van der Waals surface area contributed by atoms with E-state index in [0.717, 1.165) is 31.5 Å². The number of anilines is 1. The van der Waals surface area contributed by atoms with Gasteiger partial charge in [0.05, 0.1) is 5.69 Å². The molecule has 1 aliphatic rings. The minimum absolute atomic E-state index is 0.122. The van der Waals surface area contributed by atoms with E-state index in [1.54, 1.807) is 29.2 Å². The van der Waals surface area contributed by atoms with E-state index in [1.807, 2.05) is 18.4 Å². The molecule has 0 saturated carbocycles. The van der Waals surface area contributed by atoms with Crippen LogP contribution in [-0.2, 0) is 13.0 Å². The number of rotatable bonds is 5. The normalized spacial score (nSPS) is 13.2. The molecule has 0 aliphatic carbocycles. The summed E-state index contributed by atoms with van der Waals surface area (Å²) in [5.74, 6) is -0.0510. The largest absolute Gasteiger partial charge is 0.337 e. The van der Waals surface area contributed by atoms with Gasteiger partial charge in [0.2, 0.25) is 0 Å². The Morgan fingerprint density at radius 1 is 1.19 bits per heavy atom. The zero-order chi connectivity index (χ0) is 18.7. The minimum Gasteiger partial charge on any atom is -0.337 e. The lowest BCUT2D eigenvalue weighted by Crippen LogP contribution is -2.33. The Balaban J connectivity index is 1.93. The molecule has 0 spiro atoms. The number of amides is 2. The standard InChI is InChI=1S/C19H23ClN4O2/c1-3-23(4-2)19(26)17-22-16(15-7-5-6-12-24(15)17)18(25)21-14-10-8-13(20)9-11-14/h8-11H,3-7,12H2,1-2H3,(H,21,25). The van der Waals surface area contributed by atoms with Crippen LogP contribution in [0.25, 0.3) is 0 Å². The van der Waals surface area contributed by atoms with Crippen molar-refractivity contribution in [3.8, 4) is 0 Å². The van der Waals surface area contributed by atoms with Crippen LogP contribution >= 0.6 is 11.6 Å². The van der Waals surface area contributed by atoms with E-state index in [1.165, 1.54) is 0 Å². The van der Waals surface area contributed by atoms with Crippen LogP contribution in [-0.4, -0.2) is 39.4 Å². The number of fused-ring (bicyclic) bond motifs is 1. The smallest absolute Gasteiger partial charge is 0.289 e. The van der Waals surface area contributed by atoms with E-state index in [2.05, 4.69) is 10.3 Å². The fraction of sp³-hybridized carbons (Fsp3) is 0.421. The van der Waals surface area contributed by atoms with Crippen molar-refractivity contribution in [2.45, 2.75) is 39.7 Å². The number of aromatic nitrogens is 2. The molecule has 3 rings (SSSR count). The molecule has 2 heterocycles. The molecule has 6 nitrogen and oxygen atoms in total. The van der Waals surface area contributed by atoms with Gasteiger partial charge < -0.3 is 14.8 Å². The van der Waals surface area contributed by atoms with E-state index in [0.29, 0.717) is 35.3 Å². The van der Waals surface area contributed by atoms with Crippen LogP contribution in [0.1, 0.15) is 53.5 Å². The molecular weight excluding hydrogens is 352 g/mol. The van der Waals surface area contributed by atoms with Crippen molar-refractivity contribution in [3.05, 3.63) is 46.5 Å². The first-order valence-electron chi connectivity index (χ1n) is 9.00. The van der Waals surface area contributed by atoms with Gasteiger partial charge in [-0.15, -0.1) is 0 Å². The molecule has 1 aliphatic heterocycles. The third kappa shape index (κ3) is 3.60. The molecule has 1 aromatic heterocycles. The van der Waals surface area contributed by atoms with Crippen LogP contribution in [0.3, 0.4) is 0 Å². The Labute approximate surface area is 158 Å². The first kappa shape index (κ1) is 18.5. The second kappa shape index (κ2) is 7.91. The van der Waals surface area contributed by atoms with Crippen molar-refractivity contribution in [2.75, 3.05) is 18.4 Å². The van der Waals surface area contributed by atoms with Gasteiger partial charge in [0.25, 0.3) is 11.8 Å². The van der Waals surface area contributed by atoms with E-state index >= 15 is 0 Å². The van der Waals surface area contributed by atoms with Crippen molar-refractivity contribution in [1.82, 2.24) is 14.5 Å². The second-order valence-electron chi connectivity index (χ2n) is 6.28. The maximum atomic E-state index is 12.8. The van der Waals surface area contributed by atoms with Crippen LogP contribution in [0.15, 0.2) is 24.3 Å². The van der Waals surface area contributed by atoms with Gasteiger partial charge >= 0.3 is 0 Å². The summed E-state index contributed by atoms with van der Waals surface area (Å²) in [6.45, 7) is 5.83. The number of nitrogens with zero attached hydrogens (tertiary/aromatic N) is 3. The zero-order valence-electron chi connectivity index (χ0n) is 15.1. The molecule has 0 atom stereocenters. The minimum atomic E-state index is -0.295. The average Bonchev–Trinajstić information content (AvgIpc) is 3.04. The first-order valence-corrected chi connectivity index (χ1v) is 9.38. The van der Waals surface area contributed by atoms with Crippen molar-refractivity contribution < 1.29 is 9.59 Å². The number of nitrogens with one attached hydrogen (secondary N) is 1. The van der Waals surface area contributed by atoms with Gasteiger partial charge in [0.15, 0.2) is 11.5 Å². The Morgan fingerprint density at radius 2 is 1.88 bits per heavy atom. The Morgan fingerprint density at radius 3 is 2.54 bits per heavy atom. The topological polar surface area (TPSA) is 67.2 Å². The molecule has 7 heteroatoms.